The van der Waals surface area contributed by atoms with Crippen LogP contribution in [0.5, 0.6) is 0 Å². The van der Waals surface area contributed by atoms with Gasteiger partial charge in [-0.1, -0.05) is 35.5 Å². The van der Waals surface area contributed by atoms with E-state index in [0.29, 0.717) is 28.4 Å². The summed E-state index contributed by atoms with van der Waals surface area (Å²) in [4.78, 5) is 7.50. The minimum Gasteiger partial charge on any atom is -0.510 e. The van der Waals surface area contributed by atoms with Crippen LogP contribution in [0, 0.1) is 11.3 Å². The van der Waals surface area contributed by atoms with Gasteiger partial charge in [0, 0.05) is 10.6 Å². The van der Waals surface area contributed by atoms with Crippen molar-refractivity contribution in [3.8, 4) is 17.5 Å². The lowest BCUT2D eigenvalue weighted by molar-refractivity contribution is 0.420. The maximum Gasteiger partial charge on any atom is 0.192 e. The summed E-state index contributed by atoms with van der Waals surface area (Å²) in [5, 5.41) is 30.3. The zero-order valence-corrected chi connectivity index (χ0v) is 19.2. The molecule has 2 N–H and O–H groups in total. The van der Waals surface area contributed by atoms with E-state index in [1.54, 1.807) is 18.4 Å². The number of aromatic nitrogens is 5. The number of aromatic amines is 1. The Morgan fingerprint density at radius 1 is 1.12 bits per heavy atom. The van der Waals surface area contributed by atoms with Crippen LogP contribution in [0.4, 0.5) is 0 Å². The Hall–Kier alpha value is -4.00. The summed E-state index contributed by atoms with van der Waals surface area (Å²) in [6.07, 6.45) is 1.61. The first-order valence-corrected chi connectivity index (χ1v) is 11.6. The molecular weight excluding hydrogens is 472 g/mol. The number of thioether (sulfide) groups is 1. The van der Waals surface area contributed by atoms with Crippen LogP contribution in [-0.2, 0) is 6.54 Å². The SMILES string of the molecule is N#CC(=C(O)CSc1nnc(-c2ccc(Cl)cc2)n1Cc1ccco1)c1nc2ccccc2[nH]1. The Kier molecular flexibility index (Phi) is 6.08. The smallest absolute Gasteiger partial charge is 0.192 e. The molecule has 0 amide bonds. The van der Waals surface area contributed by atoms with E-state index >= 15 is 0 Å². The number of H-pyrrole nitrogens is 1. The first-order valence-electron chi connectivity index (χ1n) is 10.2. The molecule has 5 rings (SSSR count). The molecule has 0 fully saturated rings. The molecule has 2 aromatic carbocycles. The van der Waals surface area contributed by atoms with Crippen molar-refractivity contribution in [2.45, 2.75) is 11.7 Å². The Labute approximate surface area is 203 Å². The average Bonchev–Trinajstić information content (AvgIpc) is 3.59. The van der Waals surface area contributed by atoms with Crippen molar-refractivity contribution in [3.63, 3.8) is 0 Å². The number of aliphatic hydroxyl groups is 1. The predicted molar refractivity (Wildman–Crippen MR) is 130 cm³/mol. The standard InChI is InChI=1S/C24H17ClN6O2S/c25-16-9-7-15(8-10-16)23-29-30-24(31(23)13-17-4-3-11-33-17)34-14-21(32)18(12-26)22-27-19-5-1-2-6-20(19)28-22/h1-11,32H,13-14H2,(H,27,28). The van der Waals surface area contributed by atoms with E-state index in [2.05, 4.69) is 26.2 Å². The number of para-hydroxylation sites is 2. The number of nitrogens with one attached hydrogen (secondary N) is 1. The van der Waals surface area contributed by atoms with Crippen LogP contribution in [0.2, 0.25) is 5.02 Å². The highest BCUT2D eigenvalue weighted by Gasteiger charge is 2.18. The number of aliphatic hydroxyl groups excluding tert-OH is 1. The first kappa shape index (κ1) is 21.8. The molecule has 0 aliphatic carbocycles. The van der Waals surface area contributed by atoms with E-state index in [1.165, 1.54) is 11.8 Å². The van der Waals surface area contributed by atoms with Gasteiger partial charge in [-0.05, 0) is 48.5 Å². The second-order valence-corrected chi connectivity index (χ2v) is 8.68. The Bertz CT molecular complexity index is 1480. The van der Waals surface area contributed by atoms with Crippen molar-refractivity contribution in [2.24, 2.45) is 0 Å². The van der Waals surface area contributed by atoms with Crippen LogP contribution in [0.3, 0.4) is 0 Å². The number of nitriles is 1. The number of furan rings is 1. The van der Waals surface area contributed by atoms with Crippen molar-refractivity contribution in [2.75, 3.05) is 5.75 Å². The first-order chi connectivity index (χ1) is 16.6. The highest BCUT2D eigenvalue weighted by molar-refractivity contribution is 7.99. The average molecular weight is 489 g/mol. The molecule has 5 aromatic rings. The third kappa shape index (κ3) is 4.41. The molecule has 3 aromatic heterocycles. The van der Waals surface area contributed by atoms with Crippen LogP contribution in [0.1, 0.15) is 11.6 Å². The molecule has 3 heterocycles. The molecule has 0 atom stereocenters. The van der Waals surface area contributed by atoms with Gasteiger partial charge in [0.25, 0.3) is 0 Å². The number of fused-ring (bicyclic) bond motifs is 1. The molecule has 0 saturated carbocycles. The Morgan fingerprint density at radius 3 is 2.68 bits per heavy atom. The molecule has 0 saturated heterocycles. The van der Waals surface area contributed by atoms with E-state index < -0.39 is 0 Å². The fraction of sp³-hybridized carbons (Fsp3) is 0.0833. The molecular formula is C24H17ClN6O2S. The van der Waals surface area contributed by atoms with Gasteiger partial charge in [-0.2, -0.15) is 5.26 Å². The molecule has 0 spiro atoms. The van der Waals surface area contributed by atoms with E-state index in [9.17, 15) is 10.4 Å². The summed E-state index contributed by atoms with van der Waals surface area (Å²) in [5.74, 6) is 1.69. The number of hydrogen-bond acceptors (Lipinski definition) is 7. The topological polar surface area (TPSA) is 117 Å². The van der Waals surface area contributed by atoms with Gasteiger partial charge in [-0.3, -0.25) is 4.57 Å². The number of rotatable bonds is 7. The number of allylic oxidation sites excluding steroid dienone is 1. The monoisotopic (exact) mass is 488 g/mol. The zero-order chi connectivity index (χ0) is 23.5. The van der Waals surface area contributed by atoms with Crippen molar-refractivity contribution in [3.05, 3.63) is 89.3 Å². The van der Waals surface area contributed by atoms with Crippen LogP contribution >= 0.6 is 23.4 Å². The molecule has 0 radical (unpaired) electrons. The quantitative estimate of drug-likeness (QED) is 0.171. The second kappa shape index (κ2) is 9.47. The Balaban J connectivity index is 1.45. The lowest BCUT2D eigenvalue weighted by Crippen LogP contribution is -2.04. The molecule has 0 aliphatic heterocycles. The van der Waals surface area contributed by atoms with E-state index in [-0.39, 0.29) is 17.1 Å². The molecule has 34 heavy (non-hydrogen) atoms. The molecule has 10 heteroatoms. The summed E-state index contributed by atoms with van der Waals surface area (Å²) in [7, 11) is 0. The van der Waals surface area contributed by atoms with Crippen molar-refractivity contribution in [1.82, 2.24) is 24.7 Å². The highest BCUT2D eigenvalue weighted by Crippen LogP contribution is 2.28. The fourth-order valence-corrected chi connectivity index (χ4v) is 4.38. The maximum atomic E-state index is 10.7. The predicted octanol–water partition coefficient (Wildman–Crippen LogP) is 5.70. The van der Waals surface area contributed by atoms with Crippen LogP contribution in [-0.4, -0.2) is 35.6 Å². The van der Waals surface area contributed by atoms with Crippen molar-refractivity contribution < 1.29 is 9.52 Å². The maximum absolute atomic E-state index is 10.7. The van der Waals surface area contributed by atoms with Crippen LogP contribution in [0.25, 0.3) is 28.0 Å². The van der Waals surface area contributed by atoms with Crippen LogP contribution in [0.15, 0.2) is 82.3 Å². The van der Waals surface area contributed by atoms with E-state index in [4.69, 9.17) is 16.0 Å². The van der Waals surface area contributed by atoms with Gasteiger partial charge < -0.3 is 14.5 Å². The minimum absolute atomic E-state index is 0.0822. The molecule has 0 unspecified atom stereocenters. The molecule has 8 nitrogen and oxygen atoms in total. The summed E-state index contributed by atoms with van der Waals surface area (Å²) < 4.78 is 7.41. The molecule has 0 bridgehead atoms. The van der Waals surface area contributed by atoms with Crippen LogP contribution < -0.4 is 0 Å². The van der Waals surface area contributed by atoms with E-state index in [1.807, 2.05) is 53.1 Å². The summed E-state index contributed by atoms with van der Waals surface area (Å²) in [5.41, 5.74) is 2.43. The number of benzene rings is 2. The van der Waals surface area contributed by atoms with Gasteiger partial charge in [0.05, 0.1) is 29.6 Å². The van der Waals surface area contributed by atoms with Gasteiger partial charge in [0.1, 0.15) is 23.2 Å². The normalized spacial score (nSPS) is 12.0. The number of nitrogens with zero attached hydrogens (tertiary/aromatic N) is 5. The summed E-state index contributed by atoms with van der Waals surface area (Å²) in [6.45, 7) is 0.402. The van der Waals surface area contributed by atoms with Gasteiger partial charge in [0.2, 0.25) is 0 Å². The largest absolute Gasteiger partial charge is 0.510 e. The van der Waals surface area contributed by atoms with Gasteiger partial charge in [0.15, 0.2) is 16.8 Å². The minimum atomic E-state index is -0.104. The number of hydrogen-bond donors (Lipinski definition) is 2. The third-order valence-corrected chi connectivity index (χ3v) is 6.31. The zero-order valence-electron chi connectivity index (χ0n) is 17.6. The third-order valence-electron chi connectivity index (χ3n) is 5.08. The lowest BCUT2D eigenvalue weighted by Gasteiger charge is -2.09. The Morgan fingerprint density at radius 2 is 1.94 bits per heavy atom. The summed E-state index contributed by atoms with van der Waals surface area (Å²) in [6, 6.07) is 20.5. The lowest BCUT2D eigenvalue weighted by atomic mass is 10.2. The number of imidazole rings is 1. The van der Waals surface area contributed by atoms with Gasteiger partial charge >= 0.3 is 0 Å². The van der Waals surface area contributed by atoms with Crippen molar-refractivity contribution >= 4 is 40.0 Å². The van der Waals surface area contributed by atoms with Gasteiger partial charge in [-0.25, -0.2) is 4.98 Å². The molecule has 0 aliphatic rings. The summed E-state index contributed by atoms with van der Waals surface area (Å²) >= 11 is 7.30. The van der Waals surface area contributed by atoms with Crippen molar-refractivity contribution in [1.29, 1.82) is 5.26 Å². The molecule has 168 valence electrons. The second-order valence-electron chi connectivity index (χ2n) is 7.30. The fourth-order valence-electron chi connectivity index (χ4n) is 3.44. The van der Waals surface area contributed by atoms with Gasteiger partial charge in [-0.15, -0.1) is 10.2 Å². The highest BCUT2D eigenvalue weighted by atomic mass is 35.5. The van der Waals surface area contributed by atoms with E-state index in [0.717, 1.165) is 22.4 Å². The number of halogens is 1.